The van der Waals surface area contributed by atoms with Crippen molar-refractivity contribution in [2.75, 3.05) is 52.9 Å². The molecule has 0 aliphatic carbocycles. The second kappa shape index (κ2) is 11.3. The number of methoxy groups -OCH3 is 1. The maximum Gasteiger partial charge on any atom is 0.305 e. The first-order valence-corrected chi connectivity index (χ1v) is 10.4. The van der Waals surface area contributed by atoms with Gasteiger partial charge in [0, 0.05) is 58.5 Å². The molecule has 2 fully saturated rings. The second-order valence-electron chi connectivity index (χ2n) is 7.61. The number of carbonyl (C=O) groups excluding carboxylic acids is 3. The van der Waals surface area contributed by atoms with Gasteiger partial charge in [-0.1, -0.05) is 6.92 Å². The van der Waals surface area contributed by atoms with E-state index < -0.39 is 0 Å². The van der Waals surface area contributed by atoms with Crippen LogP contribution < -0.4 is 0 Å². The molecule has 154 valence electrons. The molecule has 0 aromatic rings. The number of piperazine rings is 1. The largest absolute Gasteiger partial charge is 0.469 e. The standard InChI is InChI=1S/C20H35N3O4/c1-3-21-13-15-23(16-14-21)19(25)8-7-17-9-11-22(12-10-17)18(24)5-4-6-20(26)27-2/h17H,3-16H2,1-2H3. The first-order valence-electron chi connectivity index (χ1n) is 10.4. The van der Waals surface area contributed by atoms with Gasteiger partial charge in [-0.05, 0) is 38.1 Å². The van der Waals surface area contributed by atoms with E-state index in [9.17, 15) is 14.4 Å². The summed E-state index contributed by atoms with van der Waals surface area (Å²) in [5.74, 6) is 0.682. The van der Waals surface area contributed by atoms with E-state index in [0.29, 0.717) is 31.6 Å². The van der Waals surface area contributed by atoms with Gasteiger partial charge < -0.3 is 19.4 Å². The van der Waals surface area contributed by atoms with Gasteiger partial charge in [0.25, 0.3) is 0 Å². The van der Waals surface area contributed by atoms with Gasteiger partial charge in [-0.3, -0.25) is 14.4 Å². The lowest BCUT2D eigenvalue weighted by Gasteiger charge is -2.35. The molecule has 7 heteroatoms. The number of carbonyl (C=O) groups is 3. The van der Waals surface area contributed by atoms with E-state index in [1.54, 1.807) is 0 Å². The fourth-order valence-corrected chi connectivity index (χ4v) is 3.91. The molecule has 0 aromatic carbocycles. The van der Waals surface area contributed by atoms with Gasteiger partial charge >= 0.3 is 5.97 Å². The van der Waals surface area contributed by atoms with Gasteiger partial charge in [0.05, 0.1) is 7.11 Å². The zero-order valence-electron chi connectivity index (χ0n) is 17.0. The molecular formula is C20H35N3O4. The van der Waals surface area contributed by atoms with Crippen LogP contribution in [0.25, 0.3) is 0 Å². The molecule has 2 amide bonds. The van der Waals surface area contributed by atoms with Crippen LogP contribution in [0.4, 0.5) is 0 Å². The van der Waals surface area contributed by atoms with Crippen molar-refractivity contribution in [2.45, 2.75) is 51.9 Å². The van der Waals surface area contributed by atoms with Crippen LogP contribution >= 0.6 is 0 Å². The summed E-state index contributed by atoms with van der Waals surface area (Å²) in [5.41, 5.74) is 0. The average molecular weight is 382 g/mol. The predicted molar refractivity (Wildman–Crippen MR) is 103 cm³/mol. The lowest BCUT2D eigenvalue weighted by molar-refractivity contribution is -0.141. The first kappa shape index (κ1) is 21.7. The number of rotatable bonds is 8. The molecule has 0 bridgehead atoms. The monoisotopic (exact) mass is 381 g/mol. The highest BCUT2D eigenvalue weighted by Crippen LogP contribution is 2.23. The van der Waals surface area contributed by atoms with Crippen LogP contribution in [0, 0.1) is 5.92 Å². The van der Waals surface area contributed by atoms with Crippen molar-refractivity contribution in [1.82, 2.24) is 14.7 Å². The number of esters is 1. The van der Waals surface area contributed by atoms with Crippen LogP contribution in [0.2, 0.25) is 0 Å². The molecule has 0 aromatic heterocycles. The number of hydrogen-bond donors (Lipinski definition) is 0. The Morgan fingerprint density at radius 1 is 0.852 bits per heavy atom. The summed E-state index contributed by atoms with van der Waals surface area (Å²) in [6.45, 7) is 8.43. The van der Waals surface area contributed by atoms with Crippen molar-refractivity contribution in [3.05, 3.63) is 0 Å². The van der Waals surface area contributed by atoms with Crippen molar-refractivity contribution >= 4 is 17.8 Å². The minimum atomic E-state index is -0.262. The van der Waals surface area contributed by atoms with Gasteiger partial charge in [-0.15, -0.1) is 0 Å². The Bertz CT molecular complexity index is 495. The lowest BCUT2D eigenvalue weighted by atomic mass is 9.91. The molecule has 0 radical (unpaired) electrons. The Hall–Kier alpha value is -1.63. The molecule has 0 N–H and O–H groups in total. The van der Waals surface area contributed by atoms with E-state index in [-0.39, 0.29) is 17.8 Å². The van der Waals surface area contributed by atoms with Gasteiger partial charge in [-0.25, -0.2) is 0 Å². The van der Waals surface area contributed by atoms with Crippen molar-refractivity contribution in [1.29, 1.82) is 0 Å². The fourth-order valence-electron chi connectivity index (χ4n) is 3.91. The molecule has 2 rings (SSSR count). The highest BCUT2D eigenvalue weighted by molar-refractivity contribution is 5.77. The van der Waals surface area contributed by atoms with E-state index >= 15 is 0 Å². The third-order valence-electron chi connectivity index (χ3n) is 5.91. The first-order chi connectivity index (χ1) is 13.0. The Balaban J connectivity index is 1.59. The number of nitrogens with zero attached hydrogens (tertiary/aromatic N) is 3. The number of amides is 2. The molecule has 2 heterocycles. The third-order valence-corrected chi connectivity index (χ3v) is 5.91. The normalized spacial score (nSPS) is 19.2. The van der Waals surface area contributed by atoms with E-state index in [4.69, 9.17) is 0 Å². The van der Waals surface area contributed by atoms with Crippen LogP contribution in [-0.4, -0.2) is 85.4 Å². The van der Waals surface area contributed by atoms with E-state index in [1.165, 1.54) is 7.11 Å². The molecule has 2 aliphatic heterocycles. The molecule has 0 spiro atoms. The topological polar surface area (TPSA) is 70.2 Å². The summed E-state index contributed by atoms with van der Waals surface area (Å²) in [6, 6.07) is 0. The highest BCUT2D eigenvalue weighted by atomic mass is 16.5. The Morgan fingerprint density at radius 3 is 2.04 bits per heavy atom. The summed E-state index contributed by atoms with van der Waals surface area (Å²) in [6.07, 6.45) is 4.75. The van der Waals surface area contributed by atoms with Crippen LogP contribution in [0.5, 0.6) is 0 Å². The Morgan fingerprint density at radius 2 is 1.44 bits per heavy atom. The minimum absolute atomic E-state index is 0.127. The van der Waals surface area contributed by atoms with Crippen molar-refractivity contribution in [2.24, 2.45) is 5.92 Å². The smallest absolute Gasteiger partial charge is 0.305 e. The minimum Gasteiger partial charge on any atom is -0.469 e. The summed E-state index contributed by atoms with van der Waals surface area (Å²) < 4.78 is 4.60. The number of likely N-dealkylation sites (N-methyl/N-ethyl adjacent to an activating group) is 1. The van der Waals surface area contributed by atoms with Crippen molar-refractivity contribution < 1.29 is 19.1 Å². The predicted octanol–water partition coefficient (Wildman–Crippen LogP) is 1.51. The summed E-state index contributed by atoms with van der Waals surface area (Å²) in [4.78, 5) is 42.0. The van der Waals surface area contributed by atoms with Gasteiger partial charge in [0.15, 0.2) is 0 Å². The molecule has 7 nitrogen and oxygen atoms in total. The maximum absolute atomic E-state index is 12.4. The molecule has 0 unspecified atom stereocenters. The van der Waals surface area contributed by atoms with Crippen molar-refractivity contribution in [3.63, 3.8) is 0 Å². The molecule has 0 saturated carbocycles. The SMILES string of the molecule is CCN1CCN(C(=O)CCC2CCN(C(=O)CCCC(=O)OC)CC2)CC1. The molecule has 2 aliphatic rings. The summed E-state index contributed by atoms with van der Waals surface area (Å²) >= 11 is 0. The molecular weight excluding hydrogens is 346 g/mol. The summed E-state index contributed by atoms with van der Waals surface area (Å²) in [7, 11) is 1.37. The van der Waals surface area contributed by atoms with Crippen LogP contribution in [0.15, 0.2) is 0 Å². The number of hydrogen-bond acceptors (Lipinski definition) is 5. The average Bonchev–Trinajstić information content (AvgIpc) is 2.72. The second-order valence-corrected chi connectivity index (χ2v) is 7.61. The zero-order chi connectivity index (χ0) is 19.6. The number of likely N-dealkylation sites (tertiary alicyclic amines) is 1. The third kappa shape index (κ3) is 7.13. The zero-order valence-corrected chi connectivity index (χ0v) is 17.0. The van der Waals surface area contributed by atoms with Gasteiger partial charge in [0.2, 0.25) is 11.8 Å². The summed E-state index contributed by atoms with van der Waals surface area (Å²) in [5, 5.41) is 0. The highest BCUT2D eigenvalue weighted by Gasteiger charge is 2.25. The van der Waals surface area contributed by atoms with Crippen molar-refractivity contribution in [3.8, 4) is 0 Å². The van der Waals surface area contributed by atoms with Crippen LogP contribution in [-0.2, 0) is 19.1 Å². The van der Waals surface area contributed by atoms with E-state index in [2.05, 4.69) is 16.6 Å². The Labute approximate surface area is 163 Å². The quantitative estimate of drug-likeness (QED) is 0.596. The van der Waals surface area contributed by atoms with Crippen LogP contribution in [0.3, 0.4) is 0 Å². The van der Waals surface area contributed by atoms with Gasteiger partial charge in [-0.2, -0.15) is 0 Å². The van der Waals surface area contributed by atoms with E-state index in [1.807, 2.05) is 9.80 Å². The number of piperidine rings is 1. The lowest BCUT2D eigenvalue weighted by Crippen LogP contribution is -2.48. The maximum atomic E-state index is 12.4. The molecule has 2 saturated heterocycles. The van der Waals surface area contributed by atoms with E-state index in [0.717, 1.165) is 65.1 Å². The number of ether oxygens (including phenoxy) is 1. The molecule has 27 heavy (non-hydrogen) atoms. The molecule has 0 atom stereocenters. The fraction of sp³-hybridized carbons (Fsp3) is 0.850. The Kier molecular flexibility index (Phi) is 9.04. The van der Waals surface area contributed by atoms with Gasteiger partial charge in [0.1, 0.15) is 0 Å². The van der Waals surface area contributed by atoms with Crippen LogP contribution in [0.1, 0.15) is 51.9 Å².